The first kappa shape index (κ1) is 17.2. The molecule has 0 saturated carbocycles. The lowest BCUT2D eigenvalue weighted by Crippen LogP contribution is -2.31. The van der Waals surface area contributed by atoms with Gasteiger partial charge in [0.1, 0.15) is 10.7 Å². The maximum atomic E-state index is 12.3. The summed E-state index contributed by atoms with van der Waals surface area (Å²) >= 11 is 1.24. The van der Waals surface area contributed by atoms with E-state index in [-0.39, 0.29) is 24.1 Å². The summed E-state index contributed by atoms with van der Waals surface area (Å²) in [7, 11) is 3.21. The van der Waals surface area contributed by atoms with Crippen LogP contribution in [-0.2, 0) is 4.79 Å². The van der Waals surface area contributed by atoms with Crippen LogP contribution in [0.3, 0.4) is 0 Å². The molecule has 0 spiro atoms. The molecule has 1 aromatic rings. The van der Waals surface area contributed by atoms with Gasteiger partial charge in [0.15, 0.2) is 5.13 Å². The monoisotopic (exact) mass is 313 g/mol. The minimum atomic E-state index is -0.216. The summed E-state index contributed by atoms with van der Waals surface area (Å²) in [5.74, 6) is 0.380. The molecule has 0 aliphatic heterocycles. The van der Waals surface area contributed by atoms with Crippen LogP contribution in [0.1, 0.15) is 29.9 Å². The Morgan fingerprint density at radius 1 is 1.43 bits per heavy atom. The number of hydrogen-bond acceptors (Lipinski definition) is 6. The SMILES string of the molecule is CNC(=O)CCN(C)C(=O)c1sc(NCC(C)C)nc1N. The van der Waals surface area contributed by atoms with Crippen LogP contribution in [0.25, 0.3) is 0 Å². The Labute approximate surface area is 128 Å². The summed E-state index contributed by atoms with van der Waals surface area (Å²) in [5.41, 5.74) is 5.80. The maximum absolute atomic E-state index is 12.3. The average Bonchev–Trinajstić information content (AvgIpc) is 2.82. The number of thiazole rings is 1. The van der Waals surface area contributed by atoms with Crippen molar-refractivity contribution in [3.63, 3.8) is 0 Å². The second-order valence-corrected chi connectivity index (χ2v) is 6.16. The number of nitrogens with one attached hydrogen (secondary N) is 2. The van der Waals surface area contributed by atoms with Gasteiger partial charge < -0.3 is 21.3 Å². The molecule has 0 bridgehead atoms. The number of aromatic nitrogens is 1. The van der Waals surface area contributed by atoms with Crippen LogP contribution in [0.4, 0.5) is 10.9 Å². The molecule has 0 radical (unpaired) electrons. The summed E-state index contributed by atoms with van der Waals surface area (Å²) in [6.45, 7) is 5.28. The first-order valence-corrected chi connectivity index (χ1v) is 7.63. The minimum absolute atomic E-state index is 0.105. The molecule has 0 aliphatic carbocycles. The van der Waals surface area contributed by atoms with Gasteiger partial charge in [-0.1, -0.05) is 25.2 Å². The van der Waals surface area contributed by atoms with E-state index in [1.54, 1.807) is 14.1 Å². The van der Waals surface area contributed by atoms with Gasteiger partial charge in [-0.3, -0.25) is 9.59 Å². The highest BCUT2D eigenvalue weighted by Crippen LogP contribution is 2.26. The molecular formula is C13H23N5O2S. The molecule has 1 heterocycles. The van der Waals surface area contributed by atoms with Crippen LogP contribution in [0.5, 0.6) is 0 Å². The van der Waals surface area contributed by atoms with Gasteiger partial charge >= 0.3 is 0 Å². The lowest BCUT2D eigenvalue weighted by Gasteiger charge is -2.15. The van der Waals surface area contributed by atoms with Crippen LogP contribution in [0.2, 0.25) is 0 Å². The molecule has 0 aliphatic rings. The lowest BCUT2D eigenvalue weighted by atomic mass is 10.2. The van der Waals surface area contributed by atoms with Crippen molar-refractivity contribution < 1.29 is 9.59 Å². The smallest absolute Gasteiger partial charge is 0.267 e. The van der Waals surface area contributed by atoms with Gasteiger partial charge in [0.05, 0.1) is 0 Å². The van der Waals surface area contributed by atoms with Gasteiger partial charge in [0.25, 0.3) is 5.91 Å². The second kappa shape index (κ2) is 7.82. The fourth-order valence-corrected chi connectivity index (χ4v) is 2.41. The zero-order valence-electron chi connectivity index (χ0n) is 12.9. The van der Waals surface area contributed by atoms with Crippen LogP contribution < -0.4 is 16.4 Å². The Hall–Kier alpha value is -1.83. The molecule has 7 nitrogen and oxygen atoms in total. The van der Waals surface area contributed by atoms with Crippen molar-refractivity contribution in [3.05, 3.63) is 4.88 Å². The van der Waals surface area contributed by atoms with E-state index in [1.807, 2.05) is 0 Å². The van der Waals surface area contributed by atoms with Crippen molar-refractivity contribution in [1.29, 1.82) is 0 Å². The van der Waals surface area contributed by atoms with Crippen molar-refractivity contribution >= 4 is 34.1 Å². The topological polar surface area (TPSA) is 100 Å². The van der Waals surface area contributed by atoms with Gasteiger partial charge in [0, 0.05) is 33.6 Å². The van der Waals surface area contributed by atoms with Crippen molar-refractivity contribution in [2.75, 3.05) is 38.2 Å². The maximum Gasteiger partial charge on any atom is 0.267 e. The summed E-state index contributed by atoms with van der Waals surface area (Å²) in [4.78, 5) is 29.5. The molecule has 4 N–H and O–H groups in total. The first-order chi connectivity index (χ1) is 9.85. The molecule has 21 heavy (non-hydrogen) atoms. The van der Waals surface area contributed by atoms with E-state index in [0.29, 0.717) is 22.5 Å². The van der Waals surface area contributed by atoms with Crippen LogP contribution >= 0.6 is 11.3 Å². The normalized spacial score (nSPS) is 10.5. The quantitative estimate of drug-likeness (QED) is 0.697. The van der Waals surface area contributed by atoms with Crippen molar-refractivity contribution in [1.82, 2.24) is 15.2 Å². The molecule has 2 amide bonds. The molecular weight excluding hydrogens is 290 g/mol. The lowest BCUT2D eigenvalue weighted by molar-refractivity contribution is -0.120. The predicted octanol–water partition coefficient (Wildman–Crippen LogP) is 1.00. The first-order valence-electron chi connectivity index (χ1n) is 6.81. The van der Waals surface area contributed by atoms with E-state index < -0.39 is 0 Å². The van der Waals surface area contributed by atoms with Crippen LogP contribution in [-0.4, -0.2) is 48.9 Å². The molecule has 8 heteroatoms. The van der Waals surface area contributed by atoms with E-state index in [9.17, 15) is 9.59 Å². The zero-order valence-corrected chi connectivity index (χ0v) is 13.7. The highest BCUT2D eigenvalue weighted by molar-refractivity contribution is 7.18. The van der Waals surface area contributed by atoms with E-state index in [2.05, 4.69) is 29.5 Å². The fraction of sp³-hybridized carbons (Fsp3) is 0.615. The van der Waals surface area contributed by atoms with Gasteiger partial charge in [-0.15, -0.1) is 0 Å². The second-order valence-electron chi connectivity index (χ2n) is 5.16. The molecule has 0 unspecified atom stereocenters. The van der Waals surface area contributed by atoms with Gasteiger partial charge in [-0.05, 0) is 5.92 Å². The number of carbonyl (C=O) groups excluding carboxylic acids is 2. The third-order valence-electron chi connectivity index (χ3n) is 2.81. The number of nitrogens with zero attached hydrogens (tertiary/aromatic N) is 2. The number of anilines is 2. The molecule has 1 aromatic heterocycles. The molecule has 0 fully saturated rings. The zero-order chi connectivity index (χ0) is 16.0. The summed E-state index contributed by atoms with van der Waals surface area (Å²) in [6.07, 6.45) is 0.260. The highest BCUT2D eigenvalue weighted by atomic mass is 32.1. The fourth-order valence-electron chi connectivity index (χ4n) is 1.52. The number of hydrogen-bond donors (Lipinski definition) is 3. The number of carbonyl (C=O) groups is 2. The van der Waals surface area contributed by atoms with Gasteiger partial charge in [-0.2, -0.15) is 0 Å². The average molecular weight is 313 g/mol. The summed E-state index contributed by atoms with van der Waals surface area (Å²) in [6, 6.07) is 0. The molecule has 0 saturated heterocycles. The van der Waals surface area contributed by atoms with Crippen LogP contribution in [0, 0.1) is 5.92 Å². The number of amides is 2. The van der Waals surface area contributed by atoms with Gasteiger partial charge in [0.2, 0.25) is 5.91 Å². The number of rotatable bonds is 7. The van der Waals surface area contributed by atoms with E-state index in [0.717, 1.165) is 6.54 Å². The Balaban J connectivity index is 2.66. The number of nitrogen functional groups attached to an aromatic ring is 1. The highest BCUT2D eigenvalue weighted by Gasteiger charge is 2.20. The summed E-state index contributed by atoms with van der Waals surface area (Å²) < 4.78 is 0. The Morgan fingerprint density at radius 3 is 2.67 bits per heavy atom. The standard InChI is InChI=1S/C13H23N5O2S/c1-8(2)7-16-13-17-11(14)10(21-13)12(20)18(4)6-5-9(19)15-3/h8H,5-7,14H2,1-4H3,(H,15,19)(H,16,17). The Kier molecular flexibility index (Phi) is 6.41. The minimum Gasteiger partial charge on any atom is -0.382 e. The summed E-state index contributed by atoms with van der Waals surface area (Å²) in [5, 5.41) is 6.31. The van der Waals surface area contributed by atoms with Crippen molar-refractivity contribution in [3.8, 4) is 0 Å². The predicted molar refractivity (Wildman–Crippen MR) is 85.5 cm³/mol. The molecule has 0 aromatic carbocycles. The Morgan fingerprint density at radius 2 is 2.10 bits per heavy atom. The van der Waals surface area contributed by atoms with E-state index in [1.165, 1.54) is 16.2 Å². The van der Waals surface area contributed by atoms with Crippen molar-refractivity contribution in [2.45, 2.75) is 20.3 Å². The van der Waals surface area contributed by atoms with E-state index >= 15 is 0 Å². The number of nitrogens with two attached hydrogens (primary N) is 1. The molecule has 0 atom stereocenters. The Bertz CT molecular complexity index is 501. The van der Waals surface area contributed by atoms with Crippen molar-refractivity contribution in [2.24, 2.45) is 5.92 Å². The van der Waals surface area contributed by atoms with E-state index in [4.69, 9.17) is 5.73 Å². The third kappa shape index (κ3) is 5.22. The molecule has 1 rings (SSSR count). The van der Waals surface area contributed by atoms with Gasteiger partial charge in [-0.25, -0.2) is 4.98 Å². The molecule has 118 valence electrons. The third-order valence-corrected chi connectivity index (χ3v) is 3.83. The van der Waals surface area contributed by atoms with Crippen LogP contribution in [0.15, 0.2) is 0 Å². The largest absolute Gasteiger partial charge is 0.382 e.